The highest BCUT2D eigenvalue weighted by molar-refractivity contribution is 6.82. The molecule has 0 bridgehead atoms. The molecule has 0 amide bonds. The molecule has 6 rings (SSSR count). The van der Waals surface area contributed by atoms with Crippen molar-refractivity contribution in [2.75, 3.05) is 0 Å². The number of fused-ring (bicyclic) bond motifs is 6. The lowest BCUT2D eigenvalue weighted by Gasteiger charge is -2.36. The Morgan fingerprint density at radius 1 is 0.697 bits per heavy atom. The Kier molecular flexibility index (Phi) is 4.66. The number of nitrogens with zero attached hydrogens (tertiary/aromatic N) is 2. The van der Waals surface area contributed by atoms with Crippen LogP contribution in [0, 0.1) is 0 Å². The molecular formula is C28H24N2O2Si. The molecular weight excluding hydrogens is 424 g/mol. The molecule has 0 spiro atoms. The van der Waals surface area contributed by atoms with E-state index in [1.807, 2.05) is 54.9 Å². The van der Waals surface area contributed by atoms with E-state index in [1.54, 1.807) is 0 Å². The Morgan fingerprint density at radius 2 is 1.18 bits per heavy atom. The Balaban J connectivity index is 1.72. The van der Waals surface area contributed by atoms with Gasteiger partial charge in [0.15, 0.2) is 0 Å². The maximum Gasteiger partial charge on any atom is 0.495 e. The van der Waals surface area contributed by atoms with E-state index >= 15 is 0 Å². The molecule has 0 saturated heterocycles. The number of hydrogen-bond donors (Lipinski definition) is 0. The van der Waals surface area contributed by atoms with Crippen molar-refractivity contribution in [2.45, 2.75) is 25.8 Å². The molecule has 33 heavy (non-hydrogen) atoms. The third kappa shape index (κ3) is 3.11. The largest absolute Gasteiger partial charge is 0.508 e. The van der Waals surface area contributed by atoms with Gasteiger partial charge >= 0.3 is 8.56 Å². The molecule has 0 fully saturated rings. The van der Waals surface area contributed by atoms with Crippen LogP contribution >= 0.6 is 0 Å². The molecule has 0 atom stereocenters. The van der Waals surface area contributed by atoms with Gasteiger partial charge in [-0.25, -0.2) is 0 Å². The topological polar surface area (TPSA) is 44.2 Å². The molecule has 3 aromatic carbocycles. The molecule has 162 valence electrons. The Bertz CT molecular complexity index is 1400. The van der Waals surface area contributed by atoms with Crippen LogP contribution in [0.25, 0.3) is 21.8 Å². The second-order valence-corrected chi connectivity index (χ2v) is 11.7. The van der Waals surface area contributed by atoms with E-state index in [2.05, 4.69) is 50.2 Å². The summed E-state index contributed by atoms with van der Waals surface area (Å²) in [5.41, 5.74) is 3.98. The van der Waals surface area contributed by atoms with Gasteiger partial charge in [-0.3, -0.25) is 9.97 Å². The van der Waals surface area contributed by atoms with E-state index in [-0.39, 0.29) is 5.92 Å². The molecule has 0 N–H and O–H groups in total. The molecule has 0 aliphatic carbocycles. The molecule has 4 nitrogen and oxygen atoms in total. The number of aromatic nitrogens is 2. The van der Waals surface area contributed by atoms with E-state index in [9.17, 15) is 0 Å². The highest BCUT2D eigenvalue weighted by Crippen LogP contribution is 2.45. The van der Waals surface area contributed by atoms with Gasteiger partial charge in [0, 0.05) is 51.4 Å². The van der Waals surface area contributed by atoms with Crippen LogP contribution in [0.3, 0.4) is 0 Å². The Labute approximate surface area is 194 Å². The van der Waals surface area contributed by atoms with Crippen LogP contribution in [0.4, 0.5) is 0 Å². The van der Waals surface area contributed by atoms with E-state index in [4.69, 9.17) is 18.8 Å². The summed E-state index contributed by atoms with van der Waals surface area (Å²) in [6.07, 6.45) is 3.93. The normalized spacial score (nSPS) is 19.6. The first kappa shape index (κ1) is 19.9. The van der Waals surface area contributed by atoms with E-state index in [1.165, 1.54) is 0 Å². The summed E-state index contributed by atoms with van der Waals surface area (Å²) < 4.78 is 14.2. The van der Waals surface area contributed by atoms with Crippen molar-refractivity contribution in [3.8, 4) is 11.5 Å². The predicted molar refractivity (Wildman–Crippen MR) is 135 cm³/mol. The van der Waals surface area contributed by atoms with Gasteiger partial charge in [0.05, 0.1) is 11.0 Å². The summed E-state index contributed by atoms with van der Waals surface area (Å²) in [5, 5.41) is 3.15. The summed E-state index contributed by atoms with van der Waals surface area (Å²) in [6.45, 7) is 4.34. The molecule has 0 radical (unpaired) electrons. The second-order valence-electron chi connectivity index (χ2n) is 8.52. The van der Waals surface area contributed by atoms with E-state index < -0.39 is 8.56 Å². The number of hydrogen-bond acceptors (Lipinski definition) is 4. The standard InChI is InChI=1S/C28H24N2O2Si/c1-3-33(20-11-5-4-6-12-20)31-27-21-13-7-9-15-25(21)29-17-23(27)19(2)24-18-30-26-16-10-8-14-22(26)28(24)32-33/h4-19H,3H2,1-2H3. The van der Waals surface area contributed by atoms with Crippen LogP contribution in [0.15, 0.2) is 91.3 Å². The summed E-state index contributed by atoms with van der Waals surface area (Å²) >= 11 is 0. The van der Waals surface area contributed by atoms with Crippen LogP contribution in [0.2, 0.25) is 6.04 Å². The fourth-order valence-corrected chi connectivity index (χ4v) is 7.57. The zero-order chi connectivity index (χ0) is 22.4. The average Bonchev–Trinajstić information content (AvgIpc) is 2.87. The quantitative estimate of drug-likeness (QED) is 0.307. The van der Waals surface area contributed by atoms with Gasteiger partial charge in [0.2, 0.25) is 0 Å². The van der Waals surface area contributed by atoms with Crippen molar-refractivity contribution in [3.05, 3.63) is 102 Å². The number of rotatable bonds is 2. The smallest absolute Gasteiger partial charge is 0.495 e. The first-order chi connectivity index (χ1) is 16.2. The van der Waals surface area contributed by atoms with Crippen LogP contribution in [0.5, 0.6) is 11.5 Å². The zero-order valence-corrected chi connectivity index (χ0v) is 19.7. The summed E-state index contributed by atoms with van der Waals surface area (Å²) in [4.78, 5) is 9.55. The van der Waals surface area contributed by atoms with Crippen molar-refractivity contribution < 1.29 is 8.85 Å². The minimum Gasteiger partial charge on any atom is -0.508 e. The van der Waals surface area contributed by atoms with Crippen molar-refractivity contribution in [1.82, 2.24) is 9.97 Å². The van der Waals surface area contributed by atoms with Crippen molar-refractivity contribution in [2.24, 2.45) is 0 Å². The van der Waals surface area contributed by atoms with Gasteiger partial charge in [-0.15, -0.1) is 0 Å². The predicted octanol–water partition coefficient (Wildman–Crippen LogP) is 6.08. The third-order valence-electron chi connectivity index (χ3n) is 6.65. The van der Waals surface area contributed by atoms with Crippen LogP contribution in [-0.2, 0) is 0 Å². The molecule has 1 aliphatic rings. The van der Waals surface area contributed by atoms with Gasteiger partial charge in [0.1, 0.15) is 11.5 Å². The van der Waals surface area contributed by atoms with Crippen LogP contribution in [-0.4, -0.2) is 18.5 Å². The van der Waals surface area contributed by atoms with Gasteiger partial charge < -0.3 is 8.85 Å². The summed E-state index contributed by atoms with van der Waals surface area (Å²) in [6, 6.07) is 27.5. The first-order valence-corrected chi connectivity index (χ1v) is 13.4. The van der Waals surface area contributed by atoms with Gasteiger partial charge in [-0.1, -0.05) is 68.4 Å². The highest BCUT2D eigenvalue weighted by Gasteiger charge is 2.46. The average molecular weight is 449 g/mol. The van der Waals surface area contributed by atoms with E-state index in [0.717, 1.165) is 55.7 Å². The lowest BCUT2D eigenvalue weighted by molar-refractivity contribution is 0.391. The molecule has 1 aliphatic heterocycles. The number of para-hydroxylation sites is 2. The molecule has 2 aromatic heterocycles. The monoisotopic (exact) mass is 448 g/mol. The van der Waals surface area contributed by atoms with Crippen molar-refractivity contribution >= 4 is 35.6 Å². The van der Waals surface area contributed by atoms with Crippen molar-refractivity contribution in [3.63, 3.8) is 0 Å². The lowest BCUT2D eigenvalue weighted by atomic mass is 9.92. The van der Waals surface area contributed by atoms with Gasteiger partial charge in [0.25, 0.3) is 0 Å². The minimum absolute atomic E-state index is 0.0174. The molecule has 3 heterocycles. The fraction of sp³-hybridized carbons (Fsp3) is 0.143. The third-order valence-corrected chi connectivity index (χ3v) is 9.86. The SMILES string of the molecule is CC[Si]1(c2ccccc2)Oc2c(cnc3ccccc23)C(C)c2cnc3ccccc3c2O1. The number of benzene rings is 3. The maximum absolute atomic E-state index is 7.11. The lowest BCUT2D eigenvalue weighted by Crippen LogP contribution is -2.59. The highest BCUT2D eigenvalue weighted by atomic mass is 28.4. The van der Waals surface area contributed by atoms with Gasteiger partial charge in [-0.05, 0) is 24.3 Å². The maximum atomic E-state index is 7.11. The summed E-state index contributed by atoms with van der Waals surface area (Å²) in [5.74, 6) is 1.78. The van der Waals surface area contributed by atoms with Crippen molar-refractivity contribution in [1.29, 1.82) is 0 Å². The molecule has 0 saturated carbocycles. The Hall–Kier alpha value is -3.70. The van der Waals surface area contributed by atoms with Crippen LogP contribution < -0.4 is 14.0 Å². The van der Waals surface area contributed by atoms with Gasteiger partial charge in [-0.2, -0.15) is 0 Å². The molecule has 5 heteroatoms. The second kappa shape index (κ2) is 7.71. The van der Waals surface area contributed by atoms with Crippen LogP contribution in [0.1, 0.15) is 30.9 Å². The first-order valence-electron chi connectivity index (χ1n) is 11.4. The molecule has 0 unspecified atom stereocenters. The minimum atomic E-state index is -2.94. The molecule has 5 aromatic rings. The van der Waals surface area contributed by atoms with E-state index in [0.29, 0.717) is 0 Å². The fourth-order valence-electron chi connectivity index (χ4n) is 4.78. The number of pyridine rings is 2. The zero-order valence-electron chi connectivity index (χ0n) is 18.7. The summed E-state index contributed by atoms with van der Waals surface area (Å²) in [7, 11) is -2.94. The Morgan fingerprint density at radius 3 is 1.70 bits per heavy atom.